The molecule has 12 heteroatoms. The predicted octanol–water partition coefficient (Wildman–Crippen LogP) is 7.72. The zero-order valence-electron chi connectivity index (χ0n) is 24.2. The highest BCUT2D eigenvalue weighted by atomic mass is 32.2. The van der Waals surface area contributed by atoms with Crippen LogP contribution < -0.4 is 15.0 Å². The van der Waals surface area contributed by atoms with Crippen LogP contribution >= 0.6 is 11.8 Å². The molecule has 228 valence electrons. The van der Waals surface area contributed by atoms with E-state index in [2.05, 4.69) is 51.6 Å². The van der Waals surface area contributed by atoms with Gasteiger partial charge >= 0.3 is 12.4 Å². The summed E-state index contributed by atoms with van der Waals surface area (Å²) in [6.45, 7) is 8.82. The SMILES string of the molecule is C=C1CS/C(=N\C(=O)NCCC(C)c2ccc(-c3ncn(-c4ccc(OC(F)(F)F)cc4)n3)cc2)N1c1ccccc1CC. The van der Waals surface area contributed by atoms with Crippen molar-refractivity contribution in [2.24, 2.45) is 4.99 Å². The second-order valence-corrected chi connectivity index (χ2v) is 11.1. The minimum absolute atomic E-state index is 0.175. The molecule has 5 rings (SSSR count). The van der Waals surface area contributed by atoms with Gasteiger partial charge in [0.25, 0.3) is 0 Å². The lowest BCUT2D eigenvalue weighted by Crippen LogP contribution is -2.28. The van der Waals surface area contributed by atoms with E-state index in [4.69, 9.17) is 0 Å². The van der Waals surface area contributed by atoms with Crippen molar-refractivity contribution in [2.45, 2.75) is 39.0 Å². The number of benzene rings is 3. The van der Waals surface area contributed by atoms with Gasteiger partial charge in [0, 0.05) is 23.6 Å². The number of amides is 2. The van der Waals surface area contributed by atoms with E-state index in [0.717, 1.165) is 35.4 Å². The monoisotopic (exact) mass is 620 g/mol. The Morgan fingerprint density at radius 1 is 1.11 bits per heavy atom. The van der Waals surface area contributed by atoms with Crippen molar-refractivity contribution in [2.75, 3.05) is 17.2 Å². The molecule has 1 fully saturated rings. The average molecular weight is 621 g/mol. The Balaban J connectivity index is 1.15. The van der Waals surface area contributed by atoms with Gasteiger partial charge in [-0.1, -0.05) is 74.7 Å². The highest BCUT2D eigenvalue weighted by Crippen LogP contribution is 2.34. The van der Waals surface area contributed by atoms with Gasteiger partial charge < -0.3 is 10.1 Å². The largest absolute Gasteiger partial charge is 0.573 e. The van der Waals surface area contributed by atoms with Crippen LogP contribution in [0, 0.1) is 0 Å². The van der Waals surface area contributed by atoms with Crippen LogP contribution in [0.4, 0.5) is 23.7 Å². The number of nitrogens with zero attached hydrogens (tertiary/aromatic N) is 5. The number of halogens is 3. The Bertz CT molecular complexity index is 1650. The first-order valence-electron chi connectivity index (χ1n) is 14.0. The van der Waals surface area contributed by atoms with E-state index >= 15 is 0 Å². The van der Waals surface area contributed by atoms with Crippen molar-refractivity contribution in [3.8, 4) is 22.8 Å². The molecule has 1 aliphatic heterocycles. The normalized spacial score (nSPS) is 15.1. The lowest BCUT2D eigenvalue weighted by atomic mass is 9.96. The molecule has 2 amide bonds. The summed E-state index contributed by atoms with van der Waals surface area (Å²) in [5, 5.41) is 7.99. The highest BCUT2D eigenvalue weighted by Gasteiger charge is 2.31. The number of para-hydroxylation sites is 1. The number of hydrogen-bond donors (Lipinski definition) is 1. The first-order chi connectivity index (χ1) is 21.1. The number of carbonyl (C=O) groups is 1. The van der Waals surface area contributed by atoms with Crippen LogP contribution in [0.1, 0.15) is 37.3 Å². The summed E-state index contributed by atoms with van der Waals surface area (Å²) in [7, 11) is 0. The Morgan fingerprint density at radius 3 is 2.55 bits per heavy atom. The zero-order valence-corrected chi connectivity index (χ0v) is 25.0. The van der Waals surface area contributed by atoms with Gasteiger partial charge in [0.2, 0.25) is 0 Å². The summed E-state index contributed by atoms with van der Waals surface area (Å²) >= 11 is 1.50. The van der Waals surface area contributed by atoms with Gasteiger partial charge in [-0.2, -0.15) is 4.99 Å². The van der Waals surface area contributed by atoms with Gasteiger partial charge in [-0.15, -0.1) is 18.3 Å². The number of carbonyl (C=O) groups excluding carboxylic acids is 1. The molecule has 2 heterocycles. The third-order valence-electron chi connectivity index (χ3n) is 7.10. The number of nitrogens with one attached hydrogen (secondary N) is 1. The van der Waals surface area contributed by atoms with Crippen LogP contribution in [0.2, 0.25) is 0 Å². The van der Waals surface area contributed by atoms with E-state index in [1.807, 2.05) is 47.4 Å². The fourth-order valence-corrected chi connectivity index (χ4v) is 5.69. The van der Waals surface area contributed by atoms with Crippen molar-refractivity contribution >= 4 is 28.6 Å². The molecule has 0 saturated carbocycles. The summed E-state index contributed by atoms with van der Waals surface area (Å²) in [4.78, 5) is 23.3. The average Bonchev–Trinajstić information content (AvgIpc) is 3.64. The standard InChI is InChI=1S/C32H31F3N6O2S/c1-4-23-7-5-6-8-28(23)41-22(3)19-44-31(41)38-30(42)36-18-17-21(2)24-9-11-25(12-10-24)29-37-20-40(39-29)26-13-15-27(16-14-26)43-32(33,34)35/h5-16,20-21H,3-4,17-19H2,1-2H3,(H,36,42)/b38-31-. The number of aromatic nitrogens is 3. The number of amidine groups is 1. The van der Waals surface area contributed by atoms with Crippen LogP contribution in [0.15, 0.2) is 96.4 Å². The van der Waals surface area contributed by atoms with Crippen LogP contribution in [0.25, 0.3) is 17.1 Å². The first-order valence-corrected chi connectivity index (χ1v) is 15.0. The molecular formula is C32H31F3N6O2S. The van der Waals surface area contributed by atoms with Crippen molar-refractivity contribution in [3.63, 3.8) is 0 Å². The molecule has 0 bridgehead atoms. The number of rotatable bonds is 9. The van der Waals surface area contributed by atoms with Crippen LogP contribution in [-0.4, -0.2) is 44.6 Å². The number of aryl methyl sites for hydroxylation is 1. The molecule has 0 spiro atoms. The lowest BCUT2D eigenvalue weighted by molar-refractivity contribution is -0.274. The highest BCUT2D eigenvalue weighted by molar-refractivity contribution is 8.14. The third kappa shape index (κ3) is 7.49. The van der Waals surface area contributed by atoms with Gasteiger partial charge in [0.1, 0.15) is 12.1 Å². The van der Waals surface area contributed by atoms with Crippen LogP contribution in [0.5, 0.6) is 5.75 Å². The van der Waals surface area contributed by atoms with Crippen molar-refractivity contribution in [3.05, 3.63) is 103 Å². The molecule has 44 heavy (non-hydrogen) atoms. The topological polar surface area (TPSA) is 84.6 Å². The number of aliphatic imine (C=N–C) groups is 1. The molecule has 1 unspecified atom stereocenters. The van der Waals surface area contributed by atoms with Crippen molar-refractivity contribution < 1.29 is 22.7 Å². The number of hydrogen-bond acceptors (Lipinski definition) is 5. The Morgan fingerprint density at radius 2 is 1.84 bits per heavy atom. The molecule has 1 saturated heterocycles. The van der Waals surface area contributed by atoms with Crippen LogP contribution in [0.3, 0.4) is 0 Å². The summed E-state index contributed by atoms with van der Waals surface area (Å²) < 4.78 is 42.6. The maximum atomic E-state index is 12.7. The minimum Gasteiger partial charge on any atom is -0.406 e. The molecule has 0 radical (unpaired) electrons. The second kappa shape index (κ2) is 13.4. The maximum Gasteiger partial charge on any atom is 0.573 e. The van der Waals surface area contributed by atoms with E-state index in [1.165, 1.54) is 52.6 Å². The molecule has 1 N–H and O–H groups in total. The van der Waals surface area contributed by atoms with E-state index in [0.29, 0.717) is 29.0 Å². The Kier molecular flexibility index (Phi) is 9.38. The van der Waals surface area contributed by atoms with Gasteiger partial charge in [-0.05, 0) is 60.2 Å². The molecule has 4 aromatic rings. The summed E-state index contributed by atoms with van der Waals surface area (Å²) in [5.41, 5.74) is 5.51. The quantitative estimate of drug-likeness (QED) is 0.206. The molecule has 3 aromatic carbocycles. The van der Waals surface area contributed by atoms with E-state index in [1.54, 1.807) is 0 Å². The van der Waals surface area contributed by atoms with Gasteiger partial charge in [-0.3, -0.25) is 4.90 Å². The van der Waals surface area contributed by atoms with Crippen LogP contribution in [-0.2, 0) is 6.42 Å². The predicted molar refractivity (Wildman–Crippen MR) is 167 cm³/mol. The van der Waals surface area contributed by atoms with Gasteiger partial charge in [-0.25, -0.2) is 14.5 Å². The first kappa shape index (κ1) is 30.9. The smallest absolute Gasteiger partial charge is 0.406 e. The van der Waals surface area contributed by atoms with E-state index in [-0.39, 0.29) is 17.7 Å². The number of alkyl halides is 3. The molecule has 8 nitrogen and oxygen atoms in total. The van der Waals surface area contributed by atoms with E-state index in [9.17, 15) is 18.0 Å². The molecule has 1 aliphatic rings. The van der Waals surface area contributed by atoms with Gasteiger partial charge in [0.15, 0.2) is 11.0 Å². The van der Waals surface area contributed by atoms with Crippen molar-refractivity contribution in [1.29, 1.82) is 0 Å². The fraction of sp³-hybridized carbons (Fsp3) is 0.250. The third-order valence-corrected chi connectivity index (χ3v) is 8.11. The zero-order chi connectivity index (χ0) is 31.3. The van der Waals surface area contributed by atoms with Crippen molar-refractivity contribution in [1.82, 2.24) is 20.1 Å². The number of urea groups is 1. The lowest BCUT2D eigenvalue weighted by Gasteiger charge is -2.22. The molecular weight excluding hydrogens is 589 g/mol. The number of ether oxygens (including phenoxy) is 1. The summed E-state index contributed by atoms with van der Waals surface area (Å²) in [6.07, 6.45) is -1.66. The second-order valence-electron chi connectivity index (χ2n) is 10.2. The van der Waals surface area contributed by atoms with Gasteiger partial charge in [0.05, 0.1) is 11.4 Å². The molecule has 1 atom stereocenters. The minimum atomic E-state index is -4.75. The number of anilines is 1. The number of thioether (sulfide) groups is 1. The van der Waals surface area contributed by atoms with E-state index < -0.39 is 6.36 Å². The summed E-state index contributed by atoms with van der Waals surface area (Å²) in [5.74, 6) is 1.03. The fourth-order valence-electron chi connectivity index (χ4n) is 4.77. The molecule has 0 aliphatic carbocycles. The Labute approximate surface area is 257 Å². The maximum absolute atomic E-state index is 12.7. The summed E-state index contributed by atoms with van der Waals surface area (Å²) in [6, 6.07) is 20.9. The molecule has 1 aromatic heterocycles. The Hall–Kier alpha value is -4.58.